The molecule has 1 N–H and O–H groups in total. The molecule has 114 valence electrons. The van der Waals surface area contributed by atoms with Crippen molar-refractivity contribution in [3.63, 3.8) is 0 Å². The number of benzene rings is 1. The summed E-state index contributed by atoms with van der Waals surface area (Å²) in [4.78, 5) is 15.5. The molecule has 2 aliphatic rings. The van der Waals surface area contributed by atoms with Crippen LogP contribution >= 0.6 is 23.1 Å². The topological polar surface area (TPSA) is 29.1 Å². The number of carbonyl (C=O) groups is 1. The zero-order chi connectivity index (χ0) is 14.9. The highest BCUT2D eigenvalue weighted by Gasteiger charge is 2.25. The summed E-state index contributed by atoms with van der Waals surface area (Å²) in [6, 6.07) is 8.60. The zero-order valence-electron chi connectivity index (χ0n) is 12.4. The summed E-state index contributed by atoms with van der Waals surface area (Å²) in [5, 5.41) is 5.35. The van der Waals surface area contributed by atoms with Crippen molar-refractivity contribution in [2.45, 2.75) is 43.0 Å². The van der Waals surface area contributed by atoms with Crippen molar-refractivity contribution in [3.05, 3.63) is 51.2 Å². The van der Waals surface area contributed by atoms with E-state index in [4.69, 9.17) is 0 Å². The van der Waals surface area contributed by atoms with Gasteiger partial charge in [0.15, 0.2) is 0 Å². The van der Waals surface area contributed by atoms with Gasteiger partial charge >= 0.3 is 0 Å². The molecule has 4 heteroatoms. The minimum absolute atomic E-state index is 0.117. The third kappa shape index (κ3) is 2.59. The van der Waals surface area contributed by atoms with Gasteiger partial charge in [-0.15, -0.1) is 23.1 Å². The first-order valence-corrected chi connectivity index (χ1v) is 9.81. The third-order valence-corrected chi connectivity index (χ3v) is 6.78. The van der Waals surface area contributed by atoms with Crippen molar-refractivity contribution in [2.24, 2.45) is 0 Å². The maximum Gasteiger partial charge on any atom is 0.252 e. The predicted molar refractivity (Wildman–Crippen MR) is 93.0 cm³/mol. The molecule has 0 saturated carbocycles. The lowest BCUT2D eigenvalue weighted by molar-refractivity contribution is 0.0934. The lowest BCUT2D eigenvalue weighted by Gasteiger charge is -2.26. The molecular weight excluding hydrogens is 310 g/mol. The number of nitrogens with one attached hydrogen (secondary N) is 1. The van der Waals surface area contributed by atoms with Gasteiger partial charge in [0.2, 0.25) is 0 Å². The van der Waals surface area contributed by atoms with E-state index < -0.39 is 0 Å². The summed E-state index contributed by atoms with van der Waals surface area (Å²) < 4.78 is 0. The molecule has 0 radical (unpaired) electrons. The van der Waals surface area contributed by atoms with Crippen LogP contribution in [0, 0.1) is 0 Å². The molecule has 0 bridgehead atoms. The quantitative estimate of drug-likeness (QED) is 0.873. The molecule has 22 heavy (non-hydrogen) atoms. The Kier molecular flexibility index (Phi) is 3.97. The molecule has 1 aromatic heterocycles. The molecule has 2 heterocycles. The molecular formula is C18H19NOS2. The molecule has 0 fully saturated rings. The summed E-state index contributed by atoms with van der Waals surface area (Å²) in [6.45, 7) is 0. The number of amides is 1. The second-order valence-corrected chi connectivity index (χ2v) is 8.06. The monoisotopic (exact) mass is 329 g/mol. The van der Waals surface area contributed by atoms with Gasteiger partial charge in [-0.3, -0.25) is 4.79 Å². The van der Waals surface area contributed by atoms with Crippen LogP contribution in [0.25, 0.3) is 0 Å². The van der Waals surface area contributed by atoms with Crippen LogP contribution in [0.2, 0.25) is 0 Å². The Bertz CT molecular complexity index is 707. The van der Waals surface area contributed by atoms with Crippen molar-refractivity contribution < 1.29 is 4.79 Å². The Morgan fingerprint density at radius 3 is 3.00 bits per heavy atom. The van der Waals surface area contributed by atoms with Crippen molar-refractivity contribution in [1.82, 2.24) is 5.32 Å². The number of fused-ring (bicyclic) bond motifs is 2. The van der Waals surface area contributed by atoms with Crippen LogP contribution in [0.15, 0.2) is 34.5 Å². The summed E-state index contributed by atoms with van der Waals surface area (Å²) in [7, 11) is 0. The van der Waals surface area contributed by atoms with Crippen molar-refractivity contribution in [1.29, 1.82) is 0 Å². The average Bonchev–Trinajstić information content (AvgIpc) is 2.99. The van der Waals surface area contributed by atoms with Gasteiger partial charge in [0.05, 0.1) is 11.6 Å². The molecule has 0 spiro atoms. The van der Waals surface area contributed by atoms with Crippen LogP contribution in [-0.4, -0.2) is 11.7 Å². The van der Waals surface area contributed by atoms with Gasteiger partial charge in [0.1, 0.15) is 0 Å². The fourth-order valence-electron chi connectivity index (χ4n) is 3.41. The lowest BCUT2D eigenvalue weighted by atomic mass is 9.95. The number of hydrogen-bond donors (Lipinski definition) is 1. The maximum absolute atomic E-state index is 12.7. The number of carbonyl (C=O) groups excluding carboxylic acids is 1. The molecule has 1 aliphatic heterocycles. The van der Waals surface area contributed by atoms with Gasteiger partial charge in [0, 0.05) is 20.9 Å². The highest BCUT2D eigenvalue weighted by atomic mass is 32.2. The van der Waals surface area contributed by atoms with E-state index in [-0.39, 0.29) is 11.9 Å². The maximum atomic E-state index is 12.7. The smallest absolute Gasteiger partial charge is 0.252 e. The number of aryl methyl sites for hydroxylation is 1. The van der Waals surface area contributed by atoms with Gasteiger partial charge in [-0.25, -0.2) is 0 Å². The van der Waals surface area contributed by atoms with Crippen LogP contribution in [0.5, 0.6) is 0 Å². The van der Waals surface area contributed by atoms with Crippen LogP contribution in [0.1, 0.15) is 51.7 Å². The fourth-order valence-corrected chi connectivity index (χ4v) is 5.66. The van der Waals surface area contributed by atoms with Crippen LogP contribution in [0.4, 0.5) is 0 Å². The van der Waals surface area contributed by atoms with E-state index >= 15 is 0 Å². The normalized spacial score (nSPS) is 20.1. The molecule has 1 amide bonds. The summed E-state index contributed by atoms with van der Waals surface area (Å²) in [5.41, 5.74) is 3.51. The minimum Gasteiger partial charge on any atom is -0.345 e. The number of rotatable bonds is 2. The molecule has 1 atom stereocenters. The Balaban J connectivity index is 1.57. The first-order valence-electron chi connectivity index (χ1n) is 7.95. The van der Waals surface area contributed by atoms with Gasteiger partial charge in [-0.1, -0.05) is 18.2 Å². The average molecular weight is 329 g/mol. The third-order valence-electron chi connectivity index (χ3n) is 4.57. The SMILES string of the molecule is O=C(NC1CCSc2ccccc21)c1csc2c1CCCC2. The van der Waals surface area contributed by atoms with E-state index in [9.17, 15) is 4.79 Å². The number of hydrogen-bond acceptors (Lipinski definition) is 3. The molecule has 1 unspecified atom stereocenters. The van der Waals surface area contributed by atoms with Gasteiger partial charge < -0.3 is 5.32 Å². The highest BCUT2D eigenvalue weighted by molar-refractivity contribution is 7.99. The van der Waals surface area contributed by atoms with E-state index in [1.807, 2.05) is 11.8 Å². The largest absolute Gasteiger partial charge is 0.345 e. The number of thioether (sulfide) groups is 1. The zero-order valence-corrected chi connectivity index (χ0v) is 14.1. The van der Waals surface area contributed by atoms with Gasteiger partial charge in [-0.2, -0.15) is 0 Å². The van der Waals surface area contributed by atoms with Crippen molar-refractivity contribution in [3.8, 4) is 0 Å². The minimum atomic E-state index is 0.117. The summed E-state index contributed by atoms with van der Waals surface area (Å²) in [6.07, 6.45) is 5.71. The molecule has 1 aromatic carbocycles. The summed E-state index contributed by atoms with van der Waals surface area (Å²) in [5.74, 6) is 1.19. The van der Waals surface area contributed by atoms with Crippen LogP contribution in [0.3, 0.4) is 0 Å². The lowest BCUT2D eigenvalue weighted by Crippen LogP contribution is -2.31. The first-order chi connectivity index (χ1) is 10.8. The van der Waals surface area contributed by atoms with E-state index in [1.54, 1.807) is 11.3 Å². The molecule has 2 aromatic rings. The Morgan fingerprint density at radius 2 is 2.05 bits per heavy atom. The fraction of sp³-hybridized carbons (Fsp3) is 0.389. The second kappa shape index (κ2) is 6.09. The van der Waals surface area contributed by atoms with Crippen LogP contribution < -0.4 is 5.32 Å². The van der Waals surface area contributed by atoms with Crippen molar-refractivity contribution >= 4 is 29.0 Å². The van der Waals surface area contributed by atoms with E-state index in [2.05, 4.69) is 35.0 Å². The van der Waals surface area contributed by atoms with Gasteiger partial charge in [-0.05, 0) is 49.3 Å². The highest BCUT2D eigenvalue weighted by Crippen LogP contribution is 2.36. The van der Waals surface area contributed by atoms with Gasteiger partial charge in [0.25, 0.3) is 5.91 Å². The van der Waals surface area contributed by atoms with E-state index in [0.29, 0.717) is 0 Å². The molecule has 4 rings (SSSR count). The molecule has 2 nitrogen and oxygen atoms in total. The van der Waals surface area contributed by atoms with Crippen molar-refractivity contribution in [2.75, 3.05) is 5.75 Å². The Labute approximate surface area is 139 Å². The van der Waals surface area contributed by atoms with E-state index in [0.717, 1.165) is 30.6 Å². The number of thiophene rings is 1. The molecule has 0 saturated heterocycles. The Morgan fingerprint density at radius 1 is 1.18 bits per heavy atom. The first kappa shape index (κ1) is 14.3. The predicted octanol–water partition coefficient (Wildman–Crippen LogP) is 4.59. The second-order valence-electron chi connectivity index (χ2n) is 5.96. The van der Waals surface area contributed by atoms with E-state index in [1.165, 1.54) is 33.7 Å². The Hall–Kier alpha value is -1.26. The molecule has 1 aliphatic carbocycles. The van der Waals surface area contributed by atoms with Crippen LogP contribution in [-0.2, 0) is 12.8 Å². The summed E-state index contributed by atoms with van der Waals surface area (Å²) >= 11 is 3.65. The standard InChI is InChI=1S/C18H19NOS2/c20-18(14-11-22-16-7-3-1-5-12(14)16)19-15-9-10-21-17-8-4-2-6-13(15)17/h2,4,6,8,11,15H,1,3,5,7,9-10H2,(H,19,20).